The summed E-state index contributed by atoms with van der Waals surface area (Å²) >= 11 is 0. The van der Waals surface area contributed by atoms with Crippen LogP contribution < -0.4 is 4.74 Å². The molecule has 2 aromatic carbocycles. The number of allylic oxidation sites excluding steroid dienone is 1. The predicted molar refractivity (Wildman–Crippen MR) is 99.1 cm³/mol. The van der Waals surface area contributed by atoms with Gasteiger partial charge in [-0.3, -0.25) is 4.79 Å². The zero-order valence-electron chi connectivity index (χ0n) is 15.0. The highest BCUT2D eigenvalue weighted by Gasteiger charge is 2.04. The lowest BCUT2D eigenvalue weighted by Gasteiger charge is -2.04. The van der Waals surface area contributed by atoms with Crippen LogP contribution in [0.15, 0.2) is 53.1 Å². The number of hydrogen-bond donors (Lipinski definition) is 0. The predicted octanol–water partition coefficient (Wildman–Crippen LogP) is 4.47. The second-order valence-corrected chi connectivity index (χ2v) is 6.08. The summed E-state index contributed by atoms with van der Waals surface area (Å²) in [5.41, 5.74) is 3.91. The van der Waals surface area contributed by atoms with E-state index in [9.17, 15) is 4.79 Å². The first-order valence-corrected chi connectivity index (χ1v) is 8.33. The molecule has 0 unspecified atom stereocenters. The minimum absolute atomic E-state index is 0.0131. The quantitative estimate of drug-likeness (QED) is 0.486. The van der Waals surface area contributed by atoms with Gasteiger partial charge in [0.2, 0.25) is 11.7 Å². The van der Waals surface area contributed by atoms with Crippen LogP contribution in [0.3, 0.4) is 0 Å². The lowest BCUT2D eigenvalue weighted by Crippen LogP contribution is -1.97. The summed E-state index contributed by atoms with van der Waals surface area (Å²) in [6.45, 7) is 6.02. The first-order chi connectivity index (χ1) is 12.5. The van der Waals surface area contributed by atoms with Crippen molar-refractivity contribution in [2.24, 2.45) is 0 Å². The standard InChI is InChI=1S/C21H20N2O3/c1-14-4-8-18(12-15(14)2)20(24)11-7-17-5-9-19(10-6-17)25-13-21-22-16(3)26-23-21/h4-12H,13H2,1-3H3/b11-7+. The van der Waals surface area contributed by atoms with E-state index < -0.39 is 0 Å². The fourth-order valence-corrected chi connectivity index (χ4v) is 2.39. The van der Waals surface area contributed by atoms with E-state index in [1.54, 1.807) is 19.1 Å². The maximum Gasteiger partial charge on any atom is 0.223 e. The molecule has 5 nitrogen and oxygen atoms in total. The lowest BCUT2D eigenvalue weighted by atomic mass is 10.0. The number of aromatic nitrogens is 2. The van der Waals surface area contributed by atoms with Crippen LogP contribution in [0, 0.1) is 20.8 Å². The monoisotopic (exact) mass is 348 g/mol. The van der Waals surface area contributed by atoms with Gasteiger partial charge in [-0.2, -0.15) is 4.98 Å². The van der Waals surface area contributed by atoms with Gasteiger partial charge < -0.3 is 9.26 Å². The van der Waals surface area contributed by atoms with Gasteiger partial charge in [0.05, 0.1) is 0 Å². The molecule has 26 heavy (non-hydrogen) atoms. The van der Waals surface area contributed by atoms with Crippen LogP contribution in [0.25, 0.3) is 6.08 Å². The summed E-state index contributed by atoms with van der Waals surface area (Å²) in [6, 6.07) is 13.2. The third-order valence-electron chi connectivity index (χ3n) is 4.04. The van der Waals surface area contributed by atoms with Crippen LogP contribution in [-0.2, 0) is 6.61 Å². The van der Waals surface area contributed by atoms with Crippen molar-refractivity contribution in [3.8, 4) is 5.75 Å². The van der Waals surface area contributed by atoms with Crippen molar-refractivity contribution in [3.63, 3.8) is 0 Å². The van der Waals surface area contributed by atoms with Gasteiger partial charge >= 0.3 is 0 Å². The molecule has 132 valence electrons. The third kappa shape index (κ3) is 4.45. The number of ether oxygens (including phenoxy) is 1. The Labute approximate surface area is 152 Å². The second-order valence-electron chi connectivity index (χ2n) is 6.08. The Bertz CT molecular complexity index is 940. The SMILES string of the molecule is Cc1nc(COc2ccc(/C=C/C(=O)c3ccc(C)c(C)c3)cc2)no1. The summed E-state index contributed by atoms with van der Waals surface area (Å²) in [6.07, 6.45) is 3.38. The molecule has 0 spiro atoms. The Hall–Kier alpha value is -3.21. The normalized spacial score (nSPS) is 11.0. The average molecular weight is 348 g/mol. The van der Waals surface area contributed by atoms with E-state index in [2.05, 4.69) is 10.1 Å². The van der Waals surface area contributed by atoms with Crippen molar-refractivity contribution >= 4 is 11.9 Å². The van der Waals surface area contributed by atoms with Crippen molar-refractivity contribution in [2.75, 3.05) is 0 Å². The highest BCUT2D eigenvalue weighted by molar-refractivity contribution is 6.06. The molecule has 0 aliphatic rings. The third-order valence-corrected chi connectivity index (χ3v) is 4.04. The van der Waals surface area contributed by atoms with Crippen molar-refractivity contribution in [2.45, 2.75) is 27.4 Å². The van der Waals surface area contributed by atoms with Gasteiger partial charge in [-0.15, -0.1) is 0 Å². The second kappa shape index (κ2) is 7.78. The molecule has 1 heterocycles. The van der Waals surface area contributed by atoms with E-state index in [1.807, 2.05) is 56.3 Å². The van der Waals surface area contributed by atoms with Crippen molar-refractivity contribution < 1.29 is 14.1 Å². The van der Waals surface area contributed by atoms with Gasteiger partial charge in [0.25, 0.3) is 0 Å². The van der Waals surface area contributed by atoms with Gasteiger partial charge in [0.15, 0.2) is 12.4 Å². The summed E-state index contributed by atoms with van der Waals surface area (Å²) in [5.74, 6) is 1.70. The number of nitrogens with zero attached hydrogens (tertiary/aromatic N) is 2. The van der Waals surface area contributed by atoms with Gasteiger partial charge in [0.1, 0.15) is 5.75 Å². The topological polar surface area (TPSA) is 65.2 Å². The molecular weight excluding hydrogens is 328 g/mol. The number of carbonyl (C=O) groups is 1. The van der Waals surface area contributed by atoms with E-state index in [0.717, 1.165) is 11.1 Å². The molecule has 3 aromatic rings. The lowest BCUT2D eigenvalue weighted by molar-refractivity contribution is 0.104. The van der Waals surface area contributed by atoms with Crippen LogP contribution in [-0.4, -0.2) is 15.9 Å². The molecule has 0 N–H and O–H groups in total. The molecule has 3 rings (SSSR count). The molecule has 0 atom stereocenters. The van der Waals surface area contributed by atoms with E-state index in [1.165, 1.54) is 5.56 Å². The van der Waals surface area contributed by atoms with Crippen LogP contribution in [0.2, 0.25) is 0 Å². The van der Waals surface area contributed by atoms with E-state index in [4.69, 9.17) is 9.26 Å². The first kappa shape index (κ1) is 17.6. The number of hydrogen-bond acceptors (Lipinski definition) is 5. The Kier molecular flexibility index (Phi) is 5.27. The zero-order valence-corrected chi connectivity index (χ0v) is 15.0. The number of benzene rings is 2. The van der Waals surface area contributed by atoms with Crippen LogP contribution in [0.5, 0.6) is 5.75 Å². The van der Waals surface area contributed by atoms with E-state index in [-0.39, 0.29) is 12.4 Å². The van der Waals surface area contributed by atoms with Gasteiger partial charge in [-0.1, -0.05) is 35.5 Å². The summed E-state index contributed by atoms with van der Waals surface area (Å²) in [7, 11) is 0. The molecule has 1 aromatic heterocycles. The van der Waals surface area contributed by atoms with E-state index >= 15 is 0 Å². The molecule has 0 aliphatic heterocycles. The zero-order chi connectivity index (χ0) is 18.5. The van der Waals surface area contributed by atoms with Crippen molar-refractivity contribution in [3.05, 3.63) is 82.5 Å². The van der Waals surface area contributed by atoms with Crippen LogP contribution >= 0.6 is 0 Å². The molecule has 0 fully saturated rings. The van der Waals surface area contributed by atoms with Crippen molar-refractivity contribution in [1.29, 1.82) is 0 Å². The Balaban J connectivity index is 1.60. The van der Waals surface area contributed by atoms with Crippen molar-refractivity contribution in [1.82, 2.24) is 10.1 Å². The molecule has 0 radical (unpaired) electrons. The minimum Gasteiger partial charge on any atom is -0.485 e. The molecule has 5 heteroatoms. The summed E-state index contributed by atoms with van der Waals surface area (Å²) in [4.78, 5) is 16.4. The molecular formula is C21H20N2O3. The number of aryl methyl sites for hydroxylation is 3. The van der Waals surface area contributed by atoms with Gasteiger partial charge in [0, 0.05) is 12.5 Å². The first-order valence-electron chi connectivity index (χ1n) is 8.33. The fraction of sp³-hybridized carbons (Fsp3) is 0.190. The highest BCUT2D eigenvalue weighted by atomic mass is 16.5. The molecule has 0 bridgehead atoms. The number of carbonyl (C=O) groups excluding carboxylic acids is 1. The average Bonchev–Trinajstić information content (AvgIpc) is 3.06. The number of rotatable bonds is 6. The maximum atomic E-state index is 12.3. The maximum absolute atomic E-state index is 12.3. The smallest absolute Gasteiger partial charge is 0.223 e. The Morgan fingerprint density at radius 2 is 1.85 bits per heavy atom. The van der Waals surface area contributed by atoms with Crippen LogP contribution in [0.1, 0.15) is 38.8 Å². The molecule has 0 saturated carbocycles. The number of ketones is 1. The highest BCUT2D eigenvalue weighted by Crippen LogP contribution is 2.16. The minimum atomic E-state index is -0.0131. The summed E-state index contributed by atoms with van der Waals surface area (Å²) in [5, 5.41) is 3.78. The van der Waals surface area contributed by atoms with Crippen LogP contribution in [0.4, 0.5) is 0 Å². The largest absolute Gasteiger partial charge is 0.485 e. The molecule has 0 amide bonds. The Morgan fingerprint density at radius 3 is 2.50 bits per heavy atom. The van der Waals surface area contributed by atoms with Gasteiger partial charge in [-0.05, 0) is 54.8 Å². The van der Waals surface area contributed by atoms with Gasteiger partial charge in [-0.25, -0.2) is 0 Å². The van der Waals surface area contributed by atoms with E-state index in [0.29, 0.717) is 23.0 Å². The molecule has 0 saturated heterocycles. The summed E-state index contributed by atoms with van der Waals surface area (Å²) < 4.78 is 10.5. The molecule has 0 aliphatic carbocycles. The fourth-order valence-electron chi connectivity index (χ4n) is 2.39. The Morgan fingerprint density at radius 1 is 1.08 bits per heavy atom.